The molecule has 0 aromatic carbocycles. The fourth-order valence-electron chi connectivity index (χ4n) is 0.462. The molecule has 0 amide bonds. The van der Waals surface area contributed by atoms with Crippen LogP contribution in [0.3, 0.4) is 0 Å². The molecule has 1 radical (unpaired) electrons. The molecule has 53 valence electrons. The number of carbonyl (C=O) groups is 1. The summed E-state index contributed by atoms with van der Waals surface area (Å²) >= 11 is 0. The van der Waals surface area contributed by atoms with Gasteiger partial charge in [-0.3, -0.25) is 4.79 Å². The van der Waals surface area contributed by atoms with Crippen molar-refractivity contribution < 1.29 is 9.53 Å². The van der Waals surface area contributed by atoms with Gasteiger partial charge in [-0.25, -0.2) is 0 Å². The standard InChI is InChI=1S/C7H13O2/c1-3-5-7(8)9-6-4-2/h2-6H2,1H3. The van der Waals surface area contributed by atoms with Gasteiger partial charge < -0.3 is 4.74 Å². The molecule has 9 heavy (non-hydrogen) atoms. The fraction of sp³-hybridized carbons (Fsp3) is 0.714. The summed E-state index contributed by atoms with van der Waals surface area (Å²) in [5.74, 6) is -0.110. The number of ether oxygens (including phenoxy) is 1. The van der Waals surface area contributed by atoms with Crippen molar-refractivity contribution in [2.45, 2.75) is 26.2 Å². The van der Waals surface area contributed by atoms with Gasteiger partial charge in [-0.1, -0.05) is 6.92 Å². The predicted octanol–water partition coefficient (Wildman–Crippen LogP) is 1.55. The Morgan fingerprint density at radius 2 is 2.33 bits per heavy atom. The summed E-state index contributed by atoms with van der Waals surface area (Å²) in [6.07, 6.45) is 2.05. The Morgan fingerprint density at radius 3 is 2.78 bits per heavy atom. The first-order valence-corrected chi connectivity index (χ1v) is 3.26. The molecule has 0 spiro atoms. The first-order chi connectivity index (χ1) is 4.31. The molecule has 0 heterocycles. The quantitative estimate of drug-likeness (QED) is 0.538. The minimum Gasteiger partial charge on any atom is -0.466 e. The zero-order valence-corrected chi connectivity index (χ0v) is 5.85. The van der Waals surface area contributed by atoms with Crippen LogP contribution < -0.4 is 0 Å². The van der Waals surface area contributed by atoms with Gasteiger partial charge in [-0.2, -0.15) is 0 Å². The molecule has 0 saturated heterocycles. The van der Waals surface area contributed by atoms with Crippen molar-refractivity contribution in [2.24, 2.45) is 0 Å². The van der Waals surface area contributed by atoms with Crippen molar-refractivity contribution in [1.82, 2.24) is 0 Å². The Bertz CT molecular complexity index is 79.0. The van der Waals surface area contributed by atoms with Gasteiger partial charge >= 0.3 is 5.97 Å². The van der Waals surface area contributed by atoms with Crippen molar-refractivity contribution in [3.05, 3.63) is 6.92 Å². The third-order valence-electron chi connectivity index (χ3n) is 0.862. The average Bonchev–Trinajstić information content (AvgIpc) is 1.85. The van der Waals surface area contributed by atoms with Crippen molar-refractivity contribution >= 4 is 5.97 Å². The predicted molar refractivity (Wildman–Crippen MR) is 35.8 cm³/mol. The molecule has 0 N–H and O–H groups in total. The van der Waals surface area contributed by atoms with E-state index in [0.717, 1.165) is 6.42 Å². The topological polar surface area (TPSA) is 26.3 Å². The van der Waals surface area contributed by atoms with E-state index in [2.05, 4.69) is 6.92 Å². The van der Waals surface area contributed by atoms with E-state index < -0.39 is 0 Å². The minimum atomic E-state index is -0.110. The second-order valence-corrected chi connectivity index (χ2v) is 1.82. The van der Waals surface area contributed by atoms with E-state index in [1.807, 2.05) is 6.92 Å². The molecule has 0 aliphatic rings. The molecule has 0 rings (SSSR count). The third-order valence-corrected chi connectivity index (χ3v) is 0.862. The van der Waals surface area contributed by atoms with Crippen LogP contribution in [0.1, 0.15) is 26.2 Å². The van der Waals surface area contributed by atoms with Crippen LogP contribution in [0.4, 0.5) is 0 Å². The Morgan fingerprint density at radius 1 is 1.67 bits per heavy atom. The number of hydrogen-bond acceptors (Lipinski definition) is 2. The maximum absolute atomic E-state index is 10.6. The van der Waals surface area contributed by atoms with Crippen molar-refractivity contribution in [1.29, 1.82) is 0 Å². The zero-order chi connectivity index (χ0) is 7.11. The Labute approximate surface area is 56.2 Å². The molecule has 0 atom stereocenters. The molecule has 2 nitrogen and oxygen atoms in total. The van der Waals surface area contributed by atoms with E-state index in [9.17, 15) is 4.79 Å². The summed E-state index contributed by atoms with van der Waals surface area (Å²) in [7, 11) is 0. The summed E-state index contributed by atoms with van der Waals surface area (Å²) in [5, 5.41) is 0. The SMILES string of the molecule is [CH2]CCOC(=O)CCC. The third kappa shape index (κ3) is 5.34. The highest BCUT2D eigenvalue weighted by Gasteiger charge is 1.96. The fourth-order valence-corrected chi connectivity index (χ4v) is 0.462. The molecule has 0 aromatic rings. The van der Waals surface area contributed by atoms with Crippen LogP contribution in [0.25, 0.3) is 0 Å². The van der Waals surface area contributed by atoms with E-state index in [0.29, 0.717) is 19.4 Å². The monoisotopic (exact) mass is 129 g/mol. The number of rotatable bonds is 4. The summed E-state index contributed by atoms with van der Waals surface area (Å²) in [6, 6.07) is 0. The summed E-state index contributed by atoms with van der Waals surface area (Å²) in [6.45, 7) is 5.95. The highest BCUT2D eigenvalue weighted by Crippen LogP contribution is 1.91. The summed E-state index contributed by atoms with van der Waals surface area (Å²) in [4.78, 5) is 10.6. The van der Waals surface area contributed by atoms with Crippen LogP contribution in [0.5, 0.6) is 0 Å². The molecule has 2 heteroatoms. The largest absolute Gasteiger partial charge is 0.466 e. The van der Waals surface area contributed by atoms with E-state index in [-0.39, 0.29) is 5.97 Å². The lowest BCUT2D eigenvalue weighted by atomic mass is 10.3. The number of esters is 1. The molecule has 0 aromatic heterocycles. The minimum absolute atomic E-state index is 0.110. The number of hydrogen-bond donors (Lipinski definition) is 0. The smallest absolute Gasteiger partial charge is 0.305 e. The Kier molecular flexibility index (Phi) is 5.27. The zero-order valence-electron chi connectivity index (χ0n) is 5.85. The second kappa shape index (κ2) is 5.60. The van der Waals surface area contributed by atoms with E-state index in [1.54, 1.807) is 0 Å². The summed E-state index contributed by atoms with van der Waals surface area (Å²) < 4.78 is 4.73. The average molecular weight is 129 g/mol. The van der Waals surface area contributed by atoms with Crippen LogP contribution in [0.2, 0.25) is 0 Å². The molecule has 0 bridgehead atoms. The van der Waals surface area contributed by atoms with Gasteiger partial charge in [-0.15, -0.1) is 0 Å². The van der Waals surface area contributed by atoms with Crippen LogP contribution in [-0.2, 0) is 9.53 Å². The molecule has 0 fully saturated rings. The van der Waals surface area contributed by atoms with E-state index in [4.69, 9.17) is 4.74 Å². The highest BCUT2D eigenvalue weighted by molar-refractivity contribution is 5.69. The molecule has 0 aliphatic carbocycles. The lowest BCUT2D eigenvalue weighted by Crippen LogP contribution is -2.03. The van der Waals surface area contributed by atoms with Gasteiger partial charge in [-0.05, 0) is 19.8 Å². The van der Waals surface area contributed by atoms with E-state index >= 15 is 0 Å². The van der Waals surface area contributed by atoms with Gasteiger partial charge in [0.25, 0.3) is 0 Å². The van der Waals surface area contributed by atoms with Gasteiger partial charge in [0, 0.05) is 6.42 Å². The second-order valence-electron chi connectivity index (χ2n) is 1.82. The van der Waals surface area contributed by atoms with Crippen molar-refractivity contribution in [2.75, 3.05) is 6.61 Å². The number of carbonyl (C=O) groups excluding carboxylic acids is 1. The van der Waals surface area contributed by atoms with Crippen LogP contribution >= 0.6 is 0 Å². The maximum atomic E-state index is 10.6. The Balaban J connectivity index is 3.06. The molecule has 0 unspecified atom stereocenters. The summed E-state index contributed by atoms with van der Waals surface area (Å²) in [5.41, 5.74) is 0. The van der Waals surface area contributed by atoms with Crippen LogP contribution in [0.15, 0.2) is 0 Å². The Hall–Kier alpha value is -0.530. The van der Waals surface area contributed by atoms with E-state index in [1.165, 1.54) is 0 Å². The van der Waals surface area contributed by atoms with Crippen LogP contribution in [-0.4, -0.2) is 12.6 Å². The van der Waals surface area contributed by atoms with Crippen LogP contribution in [0, 0.1) is 6.92 Å². The highest BCUT2D eigenvalue weighted by atomic mass is 16.5. The first-order valence-electron chi connectivity index (χ1n) is 3.26. The van der Waals surface area contributed by atoms with Crippen molar-refractivity contribution in [3.63, 3.8) is 0 Å². The van der Waals surface area contributed by atoms with Gasteiger partial charge in [0.2, 0.25) is 0 Å². The maximum Gasteiger partial charge on any atom is 0.305 e. The lowest BCUT2D eigenvalue weighted by molar-refractivity contribution is -0.143. The van der Waals surface area contributed by atoms with Crippen molar-refractivity contribution in [3.8, 4) is 0 Å². The molecule has 0 aliphatic heterocycles. The van der Waals surface area contributed by atoms with Gasteiger partial charge in [0.05, 0.1) is 6.61 Å². The lowest BCUT2D eigenvalue weighted by Gasteiger charge is -1.99. The first kappa shape index (κ1) is 8.47. The van der Waals surface area contributed by atoms with Gasteiger partial charge in [0.15, 0.2) is 0 Å². The normalized spacial score (nSPS) is 9.11. The van der Waals surface area contributed by atoms with Gasteiger partial charge in [0.1, 0.15) is 0 Å². The molecular weight excluding hydrogens is 116 g/mol. The molecular formula is C7H13O2. The molecule has 0 saturated carbocycles.